The third-order valence-corrected chi connectivity index (χ3v) is 4.31. The SMILES string of the molecule is COc1cccc(N2CCC(CNc3ccnc(C(N)=O)c3)C2)c1. The van der Waals surface area contributed by atoms with Crippen LogP contribution in [0, 0.1) is 5.92 Å². The van der Waals surface area contributed by atoms with Gasteiger partial charge in [0.1, 0.15) is 11.4 Å². The molecule has 1 aromatic heterocycles. The molecule has 2 aromatic rings. The van der Waals surface area contributed by atoms with Gasteiger partial charge >= 0.3 is 0 Å². The van der Waals surface area contributed by atoms with Gasteiger partial charge in [0.05, 0.1) is 7.11 Å². The smallest absolute Gasteiger partial charge is 0.267 e. The summed E-state index contributed by atoms with van der Waals surface area (Å²) in [6, 6.07) is 11.7. The molecule has 0 bridgehead atoms. The fourth-order valence-corrected chi connectivity index (χ4v) is 2.98. The molecule has 1 aromatic carbocycles. The molecule has 126 valence electrons. The van der Waals surface area contributed by atoms with E-state index in [0.29, 0.717) is 5.92 Å². The molecule has 24 heavy (non-hydrogen) atoms. The minimum absolute atomic E-state index is 0.282. The van der Waals surface area contributed by atoms with Crippen molar-refractivity contribution in [3.63, 3.8) is 0 Å². The van der Waals surface area contributed by atoms with E-state index in [1.54, 1.807) is 19.4 Å². The van der Waals surface area contributed by atoms with Crippen LogP contribution in [0.5, 0.6) is 5.75 Å². The molecular formula is C18H22N4O2. The van der Waals surface area contributed by atoms with Gasteiger partial charge in [-0.3, -0.25) is 9.78 Å². The minimum atomic E-state index is -0.510. The Kier molecular flexibility index (Phi) is 4.84. The number of aromatic nitrogens is 1. The first-order valence-corrected chi connectivity index (χ1v) is 8.04. The Labute approximate surface area is 141 Å². The molecule has 1 aliphatic heterocycles. The van der Waals surface area contributed by atoms with Gasteiger partial charge in [-0.1, -0.05) is 6.07 Å². The summed E-state index contributed by atoms with van der Waals surface area (Å²) in [4.78, 5) is 17.5. The molecule has 6 nitrogen and oxygen atoms in total. The average Bonchev–Trinajstić information content (AvgIpc) is 3.09. The maximum Gasteiger partial charge on any atom is 0.267 e. The van der Waals surface area contributed by atoms with Crippen molar-refractivity contribution in [2.24, 2.45) is 11.7 Å². The molecule has 1 amide bonds. The first kappa shape index (κ1) is 16.1. The van der Waals surface area contributed by atoms with E-state index >= 15 is 0 Å². The topological polar surface area (TPSA) is 80.5 Å². The van der Waals surface area contributed by atoms with Crippen molar-refractivity contribution in [3.05, 3.63) is 48.3 Å². The lowest BCUT2D eigenvalue weighted by Crippen LogP contribution is -2.22. The molecule has 3 N–H and O–H groups in total. The van der Waals surface area contributed by atoms with E-state index in [4.69, 9.17) is 10.5 Å². The molecule has 1 aliphatic rings. The molecule has 6 heteroatoms. The van der Waals surface area contributed by atoms with Crippen molar-refractivity contribution in [2.45, 2.75) is 6.42 Å². The van der Waals surface area contributed by atoms with Gasteiger partial charge in [-0.05, 0) is 36.6 Å². The third kappa shape index (κ3) is 3.76. The number of amides is 1. The van der Waals surface area contributed by atoms with Gasteiger partial charge in [0.15, 0.2) is 0 Å². The Hall–Kier alpha value is -2.76. The lowest BCUT2D eigenvalue weighted by atomic mass is 10.1. The lowest BCUT2D eigenvalue weighted by Gasteiger charge is -2.19. The number of nitrogens with two attached hydrogens (primary N) is 1. The summed E-state index contributed by atoms with van der Waals surface area (Å²) >= 11 is 0. The summed E-state index contributed by atoms with van der Waals surface area (Å²) in [5, 5.41) is 3.38. The minimum Gasteiger partial charge on any atom is -0.497 e. The summed E-state index contributed by atoms with van der Waals surface area (Å²) in [5.74, 6) is 0.912. The first-order chi connectivity index (χ1) is 11.7. The highest BCUT2D eigenvalue weighted by Crippen LogP contribution is 2.27. The van der Waals surface area contributed by atoms with Gasteiger partial charge in [-0.15, -0.1) is 0 Å². The second kappa shape index (κ2) is 7.21. The number of pyridine rings is 1. The summed E-state index contributed by atoms with van der Waals surface area (Å²) in [5.41, 5.74) is 7.61. The molecule has 1 saturated heterocycles. The summed E-state index contributed by atoms with van der Waals surface area (Å²) in [7, 11) is 1.69. The zero-order chi connectivity index (χ0) is 16.9. The number of ether oxygens (including phenoxy) is 1. The molecule has 1 fully saturated rings. The summed E-state index contributed by atoms with van der Waals surface area (Å²) < 4.78 is 5.29. The number of hydrogen-bond donors (Lipinski definition) is 2. The Morgan fingerprint density at radius 3 is 3.08 bits per heavy atom. The maximum atomic E-state index is 11.2. The molecule has 0 saturated carbocycles. The number of rotatable bonds is 6. The quantitative estimate of drug-likeness (QED) is 0.850. The number of nitrogens with one attached hydrogen (secondary N) is 1. The van der Waals surface area contributed by atoms with Crippen molar-refractivity contribution < 1.29 is 9.53 Å². The lowest BCUT2D eigenvalue weighted by molar-refractivity contribution is 0.0995. The number of anilines is 2. The van der Waals surface area contributed by atoms with Crippen molar-refractivity contribution in [3.8, 4) is 5.75 Å². The fraction of sp³-hybridized carbons (Fsp3) is 0.333. The highest BCUT2D eigenvalue weighted by molar-refractivity contribution is 5.91. The molecule has 3 rings (SSSR count). The standard InChI is InChI=1S/C18H22N4O2/c1-24-16-4-2-3-15(10-16)22-8-6-13(12-22)11-21-14-5-7-20-17(9-14)18(19)23/h2-5,7,9-10,13H,6,8,11-12H2,1H3,(H2,19,23)(H,20,21). The molecule has 1 unspecified atom stereocenters. The van der Waals surface area contributed by atoms with E-state index in [9.17, 15) is 4.79 Å². The van der Waals surface area contributed by atoms with Crippen molar-refractivity contribution in [1.29, 1.82) is 0 Å². The normalized spacial score (nSPS) is 16.9. The number of benzene rings is 1. The largest absolute Gasteiger partial charge is 0.497 e. The Morgan fingerprint density at radius 2 is 2.29 bits per heavy atom. The Balaban J connectivity index is 1.56. The summed E-state index contributed by atoms with van der Waals surface area (Å²) in [6.07, 6.45) is 2.72. The van der Waals surface area contributed by atoms with Crippen LogP contribution in [0.25, 0.3) is 0 Å². The van der Waals surface area contributed by atoms with Crippen LogP contribution in [-0.2, 0) is 0 Å². The van der Waals surface area contributed by atoms with Crippen LogP contribution >= 0.6 is 0 Å². The van der Waals surface area contributed by atoms with E-state index in [2.05, 4.69) is 27.3 Å². The monoisotopic (exact) mass is 326 g/mol. The highest BCUT2D eigenvalue weighted by atomic mass is 16.5. The zero-order valence-corrected chi connectivity index (χ0v) is 13.7. The number of nitrogens with zero attached hydrogens (tertiary/aromatic N) is 2. The Morgan fingerprint density at radius 1 is 1.42 bits per heavy atom. The third-order valence-electron chi connectivity index (χ3n) is 4.31. The maximum absolute atomic E-state index is 11.2. The van der Waals surface area contributed by atoms with Crippen LogP contribution in [0.2, 0.25) is 0 Å². The number of methoxy groups -OCH3 is 1. The molecule has 0 spiro atoms. The highest BCUT2D eigenvalue weighted by Gasteiger charge is 2.22. The van der Waals surface area contributed by atoms with Gasteiger partial charge in [0, 0.05) is 43.3 Å². The van der Waals surface area contributed by atoms with E-state index in [1.165, 1.54) is 5.69 Å². The molecular weight excluding hydrogens is 304 g/mol. The van der Waals surface area contributed by atoms with Gasteiger partial charge in [0.25, 0.3) is 5.91 Å². The van der Waals surface area contributed by atoms with Gasteiger partial charge < -0.3 is 20.7 Å². The van der Waals surface area contributed by atoms with Crippen molar-refractivity contribution in [1.82, 2.24) is 4.98 Å². The van der Waals surface area contributed by atoms with Crippen LogP contribution in [-0.4, -0.2) is 37.6 Å². The van der Waals surface area contributed by atoms with Crippen LogP contribution < -0.4 is 20.7 Å². The molecule has 0 aliphatic carbocycles. The van der Waals surface area contributed by atoms with Crippen LogP contribution in [0.3, 0.4) is 0 Å². The van der Waals surface area contributed by atoms with E-state index in [-0.39, 0.29) is 5.69 Å². The molecule has 2 heterocycles. The van der Waals surface area contributed by atoms with Crippen LogP contribution in [0.1, 0.15) is 16.9 Å². The average molecular weight is 326 g/mol. The molecule has 0 radical (unpaired) electrons. The number of carbonyl (C=O) groups is 1. The predicted molar refractivity (Wildman–Crippen MR) is 94.6 cm³/mol. The number of hydrogen-bond acceptors (Lipinski definition) is 5. The van der Waals surface area contributed by atoms with Crippen LogP contribution in [0.4, 0.5) is 11.4 Å². The van der Waals surface area contributed by atoms with Crippen molar-refractivity contribution in [2.75, 3.05) is 37.0 Å². The number of carbonyl (C=O) groups excluding carboxylic acids is 1. The Bertz CT molecular complexity index is 720. The fourth-order valence-electron chi connectivity index (χ4n) is 2.98. The van der Waals surface area contributed by atoms with Crippen LogP contribution in [0.15, 0.2) is 42.6 Å². The molecule has 1 atom stereocenters. The zero-order valence-electron chi connectivity index (χ0n) is 13.7. The number of primary amides is 1. The second-order valence-electron chi connectivity index (χ2n) is 5.98. The first-order valence-electron chi connectivity index (χ1n) is 8.04. The summed E-state index contributed by atoms with van der Waals surface area (Å²) in [6.45, 7) is 2.87. The van der Waals surface area contributed by atoms with E-state index < -0.39 is 5.91 Å². The van der Waals surface area contributed by atoms with E-state index in [1.807, 2.05) is 18.2 Å². The predicted octanol–water partition coefficient (Wildman–Crippen LogP) is 2.13. The van der Waals surface area contributed by atoms with Crippen molar-refractivity contribution >= 4 is 17.3 Å². The van der Waals surface area contributed by atoms with Gasteiger partial charge in [0.2, 0.25) is 0 Å². The van der Waals surface area contributed by atoms with E-state index in [0.717, 1.165) is 37.5 Å². The second-order valence-corrected chi connectivity index (χ2v) is 5.98. The van der Waals surface area contributed by atoms with Gasteiger partial charge in [-0.25, -0.2) is 0 Å². The van der Waals surface area contributed by atoms with Gasteiger partial charge in [-0.2, -0.15) is 0 Å².